The first-order valence-electron chi connectivity index (χ1n) is 7.36. The molecule has 3 rings (SSSR count). The molecule has 1 aromatic carbocycles. The maximum atomic E-state index is 13.2. The highest BCUT2D eigenvalue weighted by atomic mass is 32.1. The fraction of sp³-hybridized carbons (Fsp3) is 0.438. The van der Waals surface area contributed by atoms with Gasteiger partial charge < -0.3 is 5.73 Å². The van der Waals surface area contributed by atoms with Crippen LogP contribution in [0.2, 0.25) is 0 Å². The topological polar surface area (TPSA) is 42.1 Å². The fourth-order valence-corrected chi connectivity index (χ4v) is 3.69. The lowest BCUT2D eigenvalue weighted by atomic mass is 9.90. The molecule has 0 unspecified atom stereocenters. The third kappa shape index (κ3) is 4.02. The van der Waals surface area contributed by atoms with Crippen LogP contribution in [0.3, 0.4) is 0 Å². The van der Waals surface area contributed by atoms with Crippen molar-refractivity contribution in [1.29, 1.82) is 0 Å². The van der Waals surface area contributed by atoms with Gasteiger partial charge in [0.05, 0.1) is 0 Å². The summed E-state index contributed by atoms with van der Waals surface area (Å²) < 4.78 is 13.2. The van der Waals surface area contributed by atoms with Crippen molar-refractivity contribution in [3.63, 3.8) is 0 Å². The first-order valence-corrected chi connectivity index (χ1v) is 8.17. The van der Waals surface area contributed by atoms with E-state index >= 15 is 0 Å². The Bertz CT molecular complexity index is 591. The number of nitrogens with two attached hydrogens (primary N) is 1. The summed E-state index contributed by atoms with van der Waals surface area (Å²) in [5.41, 5.74) is 6.78. The van der Waals surface area contributed by atoms with E-state index in [2.05, 4.69) is 9.88 Å². The van der Waals surface area contributed by atoms with Crippen molar-refractivity contribution < 1.29 is 4.39 Å². The maximum absolute atomic E-state index is 13.2. The van der Waals surface area contributed by atoms with E-state index in [1.165, 1.54) is 23.8 Å². The minimum Gasteiger partial charge on any atom is -0.375 e. The molecular weight excluding hydrogens is 285 g/mol. The number of benzene rings is 1. The zero-order valence-electron chi connectivity index (χ0n) is 12.0. The Morgan fingerprint density at radius 2 is 2.14 bits per heavy atom. The molecule has 0 amide bonds. The summed E-state index contributed by atoms with van der Waals surface area (Å²) >= 11 is 1.57. The third-order valence-corrected chi connectivity index (χ3v) is 4.88. The molecule has 0 atom stereocenters. The molecule has 0 bridgehead atoms. The van der Waals surface area contributed by atoms with Gasteiger partial charge >= 0.3 is 0 Å². The van der Waals surface area contributed by atoms with Gasteiger partial charge in [-0.15, -0.1) is 11.3 Å². The number of rotatable bonds is 4. The third-order valence-electron chi connectivity index (χ3n) is 4.07. The molecule has 1 aliphatic heterocycles. The number of anilines is 1. The second-order valence-electron chi connectivity index (χ2n) is 5.72. The number of aromatic nitrogens is 1. The second-order valence-corrected chi connectivity index (χ2v) is 6.87. The predicted molar refractivity (Wildman–Crippen MR) is 84.6 cm³/mol. The van der Waals surface area contributed by atoms with E-state index in [9.17, 15) is 4.39 Å². The van der Waals surface area contributed by atoms with E-state index in [1.807, 2.05) is 12.3 Å². The van der Waals surface area contributed by atoms with E-state index in [4.69, 9.17) is 5.73 Å². The van der Waals surface area contributed by atoms with Gasteiger partial charge in [0.15, 0.2) is 5.13 Å². The maximum Gasteiger partial charge on any atom is 0.180 e. The summed E-state index contributed by atoms with van der Waals surface area (Å²) in [5, 5.41) is 0.644. The minimum absolute atomic E-state index is 0.132. The normalized spacial score (nSPS) is 17.2. The van der Waals surface area contributed by atoms with Gasteiger partial charge in [-0.2, -0.15) is 0 Å². The molecule has 112 valence electrons. The molecule has 2 heterocycles. The summed E-state index contributed by atoms with van der Waals surface area (Å²) in [6.07, 6.45) is 5.20. The average Bonchev–Trinajstić information content (AvgIpc) is 2.86. The van der Waals surface area contributed by atoms with Crippen LogP contribution >= 0.6 is 11.3 Å². The van der Waals surface area contributed by atoms with Crippen LogP contribution in [-0.4, -0.2) is 23.0 Å². The molecule has 3 nitrogen and oxygen atoms in total. The van der Waals surface area contributed by atoms with Gasteiger partial charge in [-0.1, -0.05) is 12.1 Å². The molecule has 0 aliphatic carbocycles. The standard InChI is InChI=1S/C16H20FN3S/c17-14-3-1-2-13(9-14)8-12-4-6-20(7-5-12)11-15-10-19-16(18)21-15/h1-3,9-10,12H,4-8,11H2,(H2,18,19). The van der Waals surface area contributed by atoms with E-state index < -0.39 is 0 Å². The molecule has 21 heavy (non-hydrogen) atoms. The van der Waals surface area contributed by atoms with Crippen molar-refractivity contribution in [2.75, 3.05) is 18.8 Å². The van der Waals surface area contributed by atoms with Crippen LogP contribution in [0.15, 0.2) is 30.5 Å². The fourth-order valence-electron chi connectivity index (χ4n) is 2.96. The quantitative estimate of drug-likeness (QED) is 0.942. The van der Waals surface area contributed by atoms with Crippen LogP contribution in [0.1, 0.15) is 23.3 Å². The van der Waals surface area contributed by atoms with Crippen molar-refractivity contribution in [3.8, 4) is 0 Å². The van der Waals surface area contributed by atoms with E-state index in [0.717, 1.165) is 31.6 Å². The zero-order chi connectivity index (χ0) is 14.7. The molecular formula is C16H20FN3S. The molecule has 0 spiro atoms. The molecule has 2 N–H and O–H groups in total. The van der Waals surface area contributed by atoms with E-state index in [1.54, 1.807) is 23.5 Å². The zero-order valence-corrected chi connectivity index (χ0v) is 12.8. The lowest BCUT2D eigenvalue weighted by Crippen LogP contribution is -2.33. The number of hydrogen-bond acceptors (Lipinski definition) is 4. The van der Waals surface area contributed by atoms with Gasteiger partial charge in [0, 0.05) is 17.6 Å². The van der Waals surface area contributed by atoms with E-state index in [0.29, 0.717) is 11.0 Å². The van der Waals surface area contributed by atoms with Crippen LogP contribution in [0, 0.1) is 11.7 Å². The van der Waals surface area contributed by atoms with Crippen LogP contribution in [0.25, 0.3) is 0 Å². The summed E-state index contributed by atoms with van der Waals surface area (Å²) in [4.78, 5) is 7.78. The van der Waals surface area contributed by atoms with Crippen LogP contribution in [0.4, 0.5) is 9.52 Å². The smallest absolute Gasteiger partial charge is 0.180 e. The molecule has 1 aliphatic rings. The summed E-state index contributed by atoms with van der Waals surface area (Å²) in [6, 6.07) is 6.99. The Kier molecular flexibility index (Phi) is 4.51. The number of likely N-dealkylation sites (tertiary alicyclic amines) is 1. The molecule has 0 saturated carbocycles. The number of piperidine rings is 1. The lowest BCUT2D eigenvalue weighted by molar-refractivity contribution is 0.178. The molecule has 2 aromatic rings. The van der Waals surface area contributed by atoms with Crippen molar-refractivity contribution >= 4 is 16.5 Å². The summed E-state index contributed by atoms with van der Waals surface area (Å²) in [6.45, 7) is 3.14. The SMILES string of the molecule is Nc1ncc(CN2CCC(Cc3cccc(F)c3)CC2)s1. The van der Waals surface area contributed by atoms with Gasteiger partial charge in [0.2, 0.25) is 0 Å². The van der Waals surface area contributed by atoms with Crippen LogP contribution < -0.4 is 5.73 Å². The van der Waals surface area contributed by atoms with Crippen molar-refractivity contribution in [2.24, 2.45) is 5.92 Å². The van der Waals surface area contributed by atoms with Crippen molar-refractivity contribution in [1.82, 2.24) is 9.88 Å². The molecule has 5 heteroatoms. The number of nitrogen functional groups attached to an aromatic ring is 1. The Balaban J connectivity index is 1.48. The number of hydrogen-bond donors (Lipinski definition) is 1. The summed E-state index contributed by atoms with van der Waals surface area (Å²) in [7, 11) is 0. The van der Waals surface area contributed by atoms with Gasteiger partial charge in [0.25, 0.3) is 0 Å². The second kappa shape index (κ2) is 6.54. The summed E-state index contributed by atoms with van der Waals surface area (Å²) in [5.74, 6) is 0.530. The van der Waals surface area contributed by atoms with Gasteiger partial charge in [0.1, 0.15) is 5.82 Å². The Morgan fingerprint density at radius 1 is 1.33 bits per heavy atom. The Labute approximate surface area is 128 Å². The predicted octanol–water partition coefficient (Wildman–Crippen LogP) is 3.32. The largest absolute Gasteiger partial charge is 0.375 e. The Hall–Kier alpha value is -1.46. The molecule has 0 radical (unpaired) electrons. The van der Waals surface area contributed by atoms with Gasteiger partial charge in [-0.3, -0.25) is 4.90 Å². The lowest BCUT2D eigenvalue weighted by Gasteiger charge is -2.31. The highest BCUT2D eigenvalue weighted by molar-refractivity contribution is 7.15. The average molecular weight is 305 g/mol. The highest BCUT2D eigenvalue weighted by Crippen LogP contribution is 2.24. The van der Waals surface area contributed by atoms with Crippen LogP contribution in [-0.2, 0) is 13.0 Å². The number of thiazole rings is 1. The first-order chi connectivity index (χ1) is 10.2. The molecule has 1 aromatic heterocycles. The number of nitrogens with zero attached hydrogens (tertiary/aromatic N) is 2. The number of halogens is 1. The van der Waals surface area contributed by atoms with Crippen molar-refractivity contribution in [3.05, 3.63) is 46.7 Å². The Morgan fingerprint density at radius 3 is 2.81 bits per heavy atom. The minimum atomic E-state index is -0.132. The van der Waals surface area contributed by atoms with Gasteiger partial charge in [-0.25, -0.2) is 9.37 Å². The van der Waals surface area contributed by atoms with E-state index in [-0.39, 0.29) is 5.82 Å². The van der Waals surface area contributed by atoms with Gasteiger partial charge in [-0.05, 0) is 56.0 Å². The van der Waals surface area contributed by atoms with Crippen molar-refractivity contribution in [2.45, 2.75) is 25.8 Å². The molecule has 1 fully saturated rings. The highest BCUT2D eigenvalue weighted by Gasteiger charge is 2.20. The monoisotopic (exact) mass is 305 g/mol. The van der Waals surface area contributed by atoms with Crippen LogP contribution in [0.5, 0.6) is 0 Å². The first kappa shape index (κ1) is 14.5. The molecule has 1 saturated heterocycles.